The number of thioether (sulfide) groups is 1. The summed E-state index contributed by atoms with van der Waals surface area (Å²) in [6, 6.07) is 0. The van der Waals surface area contributed by atoms with Gasteiger partial charge in [-0.2, -0.15) is 8.78 Å². The number of hydrogen-bond acceptors (Lipinski definition) is 3. The molecule has 0 aromatic carbocycles. The van der Waals surface area contributed by atoms with Gasteiger partial charge in [0.05, 0.1) is 6.54 Å². The maximum Gasteiger partial charge on any atom is 0.349 e. The smallest absolute Gasteiger partial charge is 0.349 e. The molecule has 10 heavy (non-hydrogen) atoms. The van der Waals surface area contributed by atoms with Gasteiger partial charge in [0.25, 0.3) is 0 Å². The zero-order valence-electron chi connectivity index (χ0n) is 5.40. The molecule has 0 aromatic heterocycles. The Labute approximate surface area is 62.1 Å². The van der Waals surface area contributed by atoms with Gasteiger partial charge in [-0.3, -0.25) is 4.99 Å². The maximum atomic E-state index is 12.6. The van der Waals surface area contributed by atoms with Crippen LogP contribution in [0.1, 0.15) is 0 Å². The standard InChI is InChI=1S/C5H7F2N2S/c1-10-5(6,7)4-8-2-3-9-4/h2H,3H2,1H3,(H,8,9). The predicted molar refractivity (Wildman–Crippen MR) is 38.2 cm³/mol. The molecule has 0 saturated heterocycles. The molecule has 0 unspecified atom stereocenters. The van der Waals surface area contributed by atoms with Crippen LogP contribution < -0.4 is 5.32 Å². The molecular weight excluding hydrogens is 158 g/mol. The van der Waals surface area contributed by atoms with Crippen molar-refractivity contribution in [3.8, 4) is 0 Å². The third-order valence-electron chi connectivity index (χ3n) is 1.11. The minimum atomic E-state index is -2.85. The summed E-state index contributed by atoms with van der Waals surface area (Å²) in [4.78, 5) is 3.49. The van der Waals surface area contributed by atoms with Crippen LogP contribution in [0.4, 0.5) is 8.78 Å². The fourth-order valence-corrected chi connectivity index (χ4v) is 0.918. The summed E-state index contributed by atoms with van der Waals surface area (Å²) in [5.74, 6) is -0.236. The van der Waals surface area contributed by atoms with Crippen molar-refractivity contribution in [1.82, 2.24) is 5.32 Å². The maximum absolute atomic E-state index is 12.6. The van der Waals surface area contributed by atoms with Crippen LogP contribution >= 0.6 is 11.8 Å². The highest BCUT2D eigenvalue weighted by Crippen LogP contribution is 2.28. The second-order valence-corrected chi connectivity index (χ2v) is 2.68. The first-order valence-electron chi connectivity index (χ1n) is 2.73. The van der Waals surface area contributed by atoms with E-state index in [1.165, 1.54) is 12.8 Å². The number of nitrogens with one attached hydrogen (secondary N) is 1. The summed E-state index contributed by atoms with van der Waals surface area (Å²) < 4.78 is 25.2. The van der Waals surface area contributed by atoms with Gasteiger partial charge in [0.15, 0.2) is 5.84 Å². The number of hydrogen-bond donors (Lipinski definition) is 1. The first kappa shape index (κ1) is 7.78. The molecule has 0 amide bonds. The van der Waals surface area contributed by atoms with Crippen LogP contribution in [0.5, 0.6) is 0 Å². The monoisotopic (exact) mass is 165 g/mol. The average Bonchev–Trinajstić information content (AvgIpc) is 2.38. The molecule has 57 valence electrons. The second kappa shape index (κ2) is 2.74. The van der Waals surface area contributed by atoms with E-state index in [9.17, 15) is 8.78 Å². The van der Waals surface area contributed by atoms with Crippen LogP contribution in [0, 0.1) is 6.54 Å². The number of halogens is 2. The minimum absolute atomic E-state index is 0.236. The lowest BCUT2D eigenvalue weighted by Gasteiger charge is -2.12. The van der Waals surface area contributed by atoms with Gasteiger partial charge in [0, 0.05) is 6.54 Å². The summed E-state index contributed by atoms with van der Waals surface area (Å²) in [6.45, 7) is 1.84. The highest BCUT2D eigenvalue weighted by molar-refractivity contribution is 8.00. The van der Waals surface area contributed by atoms with Crippen LogP contribution in [0.2, 0.25) is 0 Å². The van der Waals surface area contributed by atoms with E-state index in [2.05, 4.69) is 10.3 Å². The summed E-state index contributed by atoms with van der Waals surface area (Å²) >= 11 is 0.478. The first-order valence-corrected chi connectivity index (χ1v) is 3.96. The molecule has 1 rings (SSSR count). The summed E-state index contributed by atoms with van der Waals surface area (Å²) in [5, 5.41) is -0.383. The second-order valence-electron chi connectivity index (χ2n) is 1.76. The molecule has 1 aliphatic heterocycles. The van der Waals surface area contributed by atoms with E-state index in [1.54, 1.807) is 0 Å². The van der Waals surface area contributed by atoms with Crippen molar-refractivity contribution in [2.24, 2.45) is 4.99 Å². The van der Waals surface area contributed by atoms with E-state index >= 15 is 0 Å². The molecule has 5 heteroatoms. The number of rotatable bonds is 2. The van der Waals surface area contributed by atoms with Gasteiger partial charge in [0.2, 0.25) is 0 Å². The Morgan fingerprint density at radius 2 is 2.50 bits per heavy atom. The molecule has 1 radical (unpaired) electrons. The largest absolute Gasteiger partial charge is 0.366 e. The third-order valence-corrected chi connectivity index (χ3v) is 1.82. The first-order chi connectivity index (χ1) is 4.67. The molecule has 0 aromatic rings. The molecule has 1 N–H and O–H groups in total. The van der Waals surface area contributed by atoms with Gasteiger partial charge in [-0.25, -0.2) is 0 Å². The lowest BCUT2D eigenvalue weighted by molar-refractivity contribution is 0.182. The van der Waals surface area contributed by atoms with Crippen molar-refractivity contribution in [2.45, 2.75) is 5.25 Å². The lowest BCUT2D eigenvalue weighted by atomic mass is 10.6. The number of nitrogens with zero attached hydrogens (tertiary/aromatic N) is 1. The van der Waals surface area contributed by atoms with E-state index in [1.807, 2.05) is 0 Å². The Kier molecular flexibility index (Phi) is 2.13. The van der Waals surface area contributed by atoms with E-state index in [0.717, 1.165) is 0 Å². The number of amidine groups is 1. The molecule has 0 fully saturated rings. The van der Waals surface area contributed by atoms with E-state index < -0.39 is 5.25 Å². The van der Waals surface area contributed by atoms with Crippen molar-refractivity contribution in [3.05, 3.63) is 6.54 Å². The number of alkyl halides is 2. The molecule has 0 atom stereocenters. The third kappa shape index (κ3) is 1.39. The molecule has 0 spiro atoms. The molecule has 1 aliphatic rings. The Morgan fingerprint density at radius 3 is 2.90 bits per heavy atom. The van der Waals surface area contributed by atoms with Crippen molar-refractivity contribution in [1.29, 1.82) is 0 Å². The Hall–Kier alpha value is -0.320. The van der Waals surface area contributed by atoms with Crippen LogP contribution in [-0.4, -0.2) is 23.9 Å². The van der Waals surface area contributed by atoms with Crippen molar-refractivity contribution >= 4 is 17.6 Å². The van der Waals surface area contributed by atoms with Crippen LogP contribution in [0.15, 0.2) is 4.99 Å². The fraction of sp³-hybridized carbons (Fsp3) is 0.600. The molecule has 0 aliphatic carbocycles. The topological polar surface area (TPSA) is 24.4 Å². The molecule has 1 heterocycles. The average molecular weight is 165 g/mol. The van der Waals surface area contributed by atoms with Crippen LogP contribution in [0.3, 0.4) is 0 Å². The summed E-state index contributed by atoms with van der Waals surface area (Å²) in [6.07, 6.45) is 1.35. The SMILES string of the molecule is CSC(F)(F)C1=N[CH]CN1. The van der Waals surface area contributed by atoms with Gasteiger partial charge in [-0.05, 0) is 6.26 Å². The van der Waals surface area contributed by atoms with Crippen molar-refractivity contribution in [2.75, 3.05) is 12.8 Å². The molecule has 2 nitrogen and oxygen atoms in total. The normalized spacial score (nSPS) is 18.5. The van der Waals surface area contributed by atoms with Gasteiger partial charge in [0.1, 0.15) is 0 Å². The van der Waals surface area contributed by atoms with Crippen molar-refractivity contribution in [3.63, 3.8) is 0 Å². The zero-order chi connectivity index (χ0) is 7.61. The van der Waals surface area contributed by atoms with E-state index in [0.29, 0.717) is 18.3 Å². The molecule has 0 saturated carbocycles. The van der Waals surface area contributed by atoms with Crippen LogP contribution in [-0.2, 0) is 0 Å². The summed E-state index contributed by atoms with van der Waals surface area (Å²) in [5.41, 5.74) is 0. The highest BCUT2D eigenvalue weighted by atomic mass is 32.2. The van der Waals surface area contributed by atoms with Gasteiger partial charge >= 0.3 is 5.25 Å². The van der Waals surface area contributed by atoms with Gasteiger partial charge in [-0.15, -0.1) is 0 Å². The Bertz CT molecular complexity index is 158. The fourth-order valence-electron chi connectivity index (χ4n) is 0.600. The van der Waals surface area contributed by atoms with E-state index in [-0.39, 0.29) is 5.84 Å². The zero-order valence-corrected chi connectivity index (χ0v) is 6.21. The summed E-state index contributed by atoms with van der Waals surface area (Å²) in [7, 11) is 0. The van der Waals surface area contributed by atoms with E-state index in [4.69, 9.17) is 0 Å². The molecule has 0 bridgehead atoms. The van der Waals surface area contributed by atoms with Gasteiger partial charge < -0.3 is 5.32 Å². The number of aliphatic imine (C=N–C) groups is 1. The highest BCUT2D eigenvalue weighted by Gasteiger charge is 2.36. The molecular formula is C5H7F2N2S. The quantitative estimate of drug-likeness (QED) is 0.662. The Morgan fingerprint density at radius 1 is 1.80 bits per heavy atom. The van der Waals surface area contributed by atoms with Crippen LogP contribution in [0.25, 0.3) is 0 Å². The van der Waals surface area contributed by atoms with Crippen molar-refractivity contribution < 1.29 is 8.78 Å². The predicted octanol–water partition coefficient (Wildman–Crippen LogP) is 1.11. The lowest BCUT2D eigenvalue weighted by Crippen LogP contribution is -2.34. The Balaban J connectivity index is 2.62. The minimum Gasteiger partial charge on any atom is -0.366 e. The van der Waals surface area contributed by atoms with Gasteiger partial charge in [-0.1, -0.05) is 11.8 Å².